The van der Waals surface area contributed by atoms with Gasteiger partial charge in [0.1, 0.15) is 0 Å². The minimum atomic E-state index is -2.29. The highest BCUT2D eigenvalue weighted by atomic mass is 32.2. The van der Waals surface area contributed by atoms with Crippen LogP contribution in [0, 0.1) is 5.41 Å². The van der Waals surface area contributed by atoms with E-state index >= 15 is 0 Å². The van der Waals surface area contributed by atoms with Crippen molar-refractivity contribution in [1.29, 1.82) is 0 Å². The topological polar surface area (TPSA) is 77.4 Å². The third-order valence-electron chi connectivity index (χ3n) is 1.06. The quantitative estimate of drug-likeness (QED) is 0.596. The van der Waals surface area contributed by atoms with Crippen LogP contribution < -0.4 is 0 Å². The Kier molecular flexibility index (Phi) is 2.98. The molecule has 0 saturated carbocycles. The summed E-state index contributed by atoms with van der Waals surface area (Å²) < 4.78 is 20.1. The molecule has 0 bridgehead atoms. The summed E-state index contributed by atoms with van der Waals surface area (Å²) in [6.45, 7) is 2.73. The Balaban J connectivity index is 4.13. The fourth-order valence-corrected chi connectivity index (χ4v) is 1.07. The van der Waals surface area contributed by atoms with Crippen molar-refractivity contribution < 1.29 is 18.7 Å². The predicted molar refractivity (Wildman–Crippen MR) is 35.2 cm³/mol. The zero-order chi connectivity index (χ0) is 8.36. The average molecular weight is 165 g/mol. The lowest BCUT2D eigenvalue weighted by Crippen LogP contribution is -2.29. The van der Waals surface area contributed by atoms with Gasteiger partial charge in [-0.15, -0.1) is 0 Å². The van der Waals surface area contributed by atoms with Crippen LogP contribution in [-0.4, -0.2) is 25.6 Å². The van der Waals surface area contributed by atoms with E-state index < -0.39 is 22.5 Å². The van der Waals surface area contributed by atoms with Gasteiger partial charge < -0.3 is 9.66 Å². The maximum Gasteiger partial charge on any atom is 0.309 e. The molecule has 0 aromatic heterocycles. The number of carbonyl (C=O) groups is 1. The summed E-state index contributed by atoms with van der Waals surface area (Å²) in [4.78, 5) is 10.3. The van der Waals surface area contributed by atoms with Gasteiger partial charge in [-0.3, -0.25) is 9.00 Å². The summed E-state index contributed by atoms with van der Waals surface area (Å²) in [5.74, 6) is -1.45. The normalized spacial score (nSPS) is 14.7. The van der Waals surface area contributed by atoms with E-state index in [1.807, 2.05) is 0 Å². The number of carboxylic acid groups (broad SMARTS) is 1. The van der Waals surface area contributed by atoms with E-state index in [2.05, 4.69) is 0 Å². The Hall–Kier alpha value is -0.420. The molecule has 1 unspecified atom stereocenters. The SMILES string of the molecule is CC(C)(CS(=O)[O-])C(=O)O. The van der Waals surface area contributed by atoms with E-state index in [-0.39, 0.29) is 5.75 Å². The number of hydrogen-bond donors (Lipinski definition) is 1. The van der Waals surface area contributed by atoms with Gasteiger partial charge in [0.25, 0.3) is 0 Å². The van der Waals surface area contributed by atoms with Crippen molar-refractivity contribution in [3.05, 3.63) is 0 Å². The van der Waals surface area contributed by atoms with Gasteiger partial charge in [-0.2, -0.15) is 0 Å². The fraction of sp³-hybridized carbons (Fsp3) is 0.800. The summed E-state index contributed by atoms with van der Waals surface area (Å²) in [6.07, 6.45) is 0. The minimum absolute atomic E-state index is 0.345. The van der Waals surface area contributed by atoms with Gasteiger partial charge in [0.2, 0.25) is 0 Å². The molecule has 60 valence electrons. The Morgan fingerprint density at radius 1 is 1.70 bits per heavy atom. The van der Waals surface area contributed by atoms with Gasteiger partial charge in [-0.25, -0.2) is 0 Å². The van der Waals surface area contributed by atoms with Crippen molar-refractivity contribution in [3.63, 3.8) is 0 Å². The zero-order valence-corrected chi connectivity index (χ0v) is 6.60. The van der Waals surface area contributed by atoms with Crippen LogP contribution in [0.3, 0.4) is 0 Å². The zero-order valence-electron chi connectivity index (χ0n) is 5.79. The minimum Gasteiger partial charge on any atom is -0.772 e. The van der Waals surface area contributed by atoms with Crippen LogP contribution in [0.1, 0.15) is 13.8 Å². The second-order valence-electron chi connectivity index (χ2n) is 2.64. The fourth-order valence-electron chi connectivity index (χ4n) is 0.356. The molecule has 1 N–H and O–H groups in total. The third kappa shape index (κ3) is 2.93. The molecule has 0 aliphatic carbocycles. The highest BCUT2D eigenvalue weighted by Crippen LogP contribution is 2.15. The van der Waals surface area contributed by atoms with E-state index in [1.165, 1.54) is 13.8 Å². The number of hydrogen-bond acceptors (Lipinski definition) is 3. The molecule has 0 spiro atoms. The summed E-state index contributed by atoms with van der Waals surface area (Å²) in [5, 5.41) is 8.42. The third-order valence-corrected chi connectivity index (χ3v) is 2.02. The van der Waals surface area contributed by atoms with Crippen molar-refractivity contribution in [3.8, 4) is 0 Å². The maximum atomic E-state index is 10.3. The Bertz CT molecular complexity index is 163. The molecule has 0 radical (unpaired) electrons. The van der Waals surface area contributed by atoms with Crippen LogP contribution in [0.15, 0.2) is 0 Å². The summed E-state index contributed by atoms with van der Waals surface area (Å²) in [6, 6.07) is 0. The number of rotatable bonds is 3. The van der Waals surface area contributed by atoms with E-state index in [9.17, 15) is 13.6 Å². The second kappa shape index (κ2) is 3.12. The largest absolute Gasteiger partial charge is 0.772 e. The molecule has 0 aromatic carbocycles. The van der Waals surface area contributed by atoms with E-state index in [1.54, 1.807) is 0 Å². The van der Waals surface area contributed by atoms with Crippen LogP contribution in [-0.2, 0) is 15.9 Å². The first-order valence-electron chi connectivity index (χ1n) is 2.65. The van der Waals surface area contributed by atoms with Crippen molar-refractivity contribution in [2.45, 2.75) is 13.8 Å². The van der Waals surface area contributed by atoms with E-state index in [4.69, 9.17) is 5.11 Å². The smallest absolute Gasteiger partial charge is 0.309 e. The Morgan fingerprint density at radius 2 is 2.10 bits per heavy atom. The molecule has 0 saturated heterocycles. The van der Waals surface area contributed by atoms with Gasteiger partial charge in [0.05, 0.1) is 5.41 Å². The Morgan fingerprint density at radius 3 is 2.20 bits per heavy atom. The molecule has 10 heavy (non-hydrogen) atoms. The number of carboxylic acids is 1. The molecule has 0 aromatic rings. The predicted octanol–water partition coefficient (Wildman–Crippen LogP) is -0.0237. The highest BCUT2D eigenvalue weighted by Gasteiger charge is 2.26. The first-order valence-corrected chi connectivity index (χ1v) is 3.90. The van der Waals surface area contributed by atoms with Crippen molar-refractivity contribution >= 4 is 17.0 Å². The summed E-state index contributed by atoms with van der Waals surface area (Å²) in [5.41, 5.74) is -1.17. The van der Waals surface area contributed by atoms with Gasteiger partial charge >= 0.3 is 5.97 Å². The van der Waals surface area contributed by atoms with E-state index in [0.29, 0.717) is 0 Å². The van der Waals surface area contributed by atoms with Crippen molar-refractivity contribution in [2.24, 2.45) is 5.41 Å². The first-order chi connectivity index (χ1) is 4.36. The molecular weight excluding hydrogens is 156 g/mol. The van der Waals surface area contributed by atoms with Gasteiger partial charge in [-0.05, 0) is 13.8 Å². The highest BCUT2D eigenvalue weighted by molar-refractivity contribution is 7.79. The molecule has 0 aliphatic heterocycles. The van der Waals surface area contributed by atoms with Crippen LogP contribution >= 0.6 is 0 Å². The lowest BCUT2D eigenvalue weighted by molar-refractivity contribution is -0.145. The molecule has 0 amide bonds. The monoisotopic (exact) mass is 165 g/mol. The molecule has 0 heterocycles. The first kappa shape index (κ1) is 9.58. The van der Waals surface area contributed by atoms with Gasteiger partial charge in [0, 0.05) is 5.75 Å². The van der Waals surface area contributed by atoms with Crippen LogP contribution in [0.25, 0.3) is 0 Å². The molecule has 5 heteroatoms. The van der Waals surface area contributed by atoms with Gasteiger partial charge in [0.15, 0.2) is 0 Å². The summed E-state index contributed by atoms with van der Waals surface area (Å²) in [7, 11) is 0. The lowest BCUT2D eigenvalue weighted by atomic mass is 9.97. The number of aliphatic carboxylic acids is 1. The van der Waals surface area contributed by atoms with Crippen LogP contribution in [0.2, 0.25) is 0 Å². The average Bonchev–Trinajstić information content (AvgIpc) is 1.60. The van der Waals surface area contributed by atoms with Crippen LogP contribution in [0.4, 0.5) is 0 Å². The molecule has 0 fully saturated rings. The van der Waals surface area contributed by atoms with Crippen LogP contribution in [0.5, 0.6) is 0 Å². The molecule has 0 rings (SSSR count). The standard InChI is InChI=1S/C5H10O4S/c1-5(2,4(6)7)3-10(8)9/h3H2,1-2H3,(H,6,7)(H,8,9)/p-1. The molecule has 1 atom stereocenters. The summed E-state index contributed by atoms with van der Waals surface area (Å²) >= 11 is -2.29. The van der Waals surface area contributed by atoms with Crippen molar-refractivity contribution in [2.75, 3.05) is 5.75 Å². The molecule has 4 nitrogen and oxygen atoms in total. The maximum absolute atomic E-state index is 10.3. The molecule has 0 aliphatic rings. The lowest BCUT2D eigenvalue weighted by Gasteiger charge is -2.19. The molecular formula is C5H9O4S-. The second-order valence-corrected chi connectivity index (χ2v) is 3.53. The van der Waals surface area contributed by atoms with E-state index in [0.717, 1.165) is 0 Å². The Labute approximate surface area is 61.5 Å². The van der Waals surface area contributed by atoms with Crippen molar-refractivity contribution in [1.82, 2.24) is 0 Å². The van der Waals surface area contributed by atoms with Gasteiger partial charge in [-0.1, -0.05) is 11.1 Å².